The van der Waals surface area contributed by atoms with Gasteiger partial charge < -0.3 is 13.9 Å². The van der Waals surface area contributed by atoms with Crippen LogP contribution in [-0.4, -0.2) is 15.4 Å². The second kappa shape index (κ2) is 9.44. The Balaban J connectivity index is 1.91. The Hall–Kier alpha value is -3.04. The van der Waals surface area contributed by atoms with Gasteiger partial charge in [-0.05, 0) is 61.6 Å². The largest absolute Gasteiger partial charge is 0.467 e. The van der Waals surface area contributed by atoms with Gasteiger partial charge in [0.2, 0.25) is 0 Å². The van der Waals surface area contributed by atoms with E-state index in [9.17, 15) is 10.1 Å². The van der Waals surface area contributed by atoms with Crippen molar-refractivity contribution in [1.82, 2.24) is 9.47 Å². The number of furan rings is 1. The average molecular weight is 408 g/mol. The van der Waals surface area contributed by atoms with E-state index in [0.717, 1.165) is 34.8 Å². The molecule has 0 fully saturated rings. The van der Waals surface area contributed by atoms with Gasteiger partial charge in [0.15, 0.2) is 0 Å². The monoisotopic (exact) mass is 407 g/mol. The molecule has 0 saturated carbocycles. The lowest BCUT2D eigenvalue weighted by atomic mass is 10.1. The summed E-state index contributed by atoms with van der Waals surface area (Å²) < 4.78 is 7.65. The minimum absolute atomic E-state index is 0.130. The van der Waals surface area contributed by atoms with E-state index in [2.05, 4.69) is 17.6 Å². The zero-order valence-corrected chi connectivity index (χ0v) is 17.8. The zero-order valence-electron chi connectivity index (χ0n) is 17.0. The van der Waals surface area contributed by atoms with Crippen LogP contribution in [0.1, 0.15) is 40.9 Å². The third-order valence-corrected chi connectivity index (χ3v) is 5.71. The van der Waals surface area contributed by atoms with Gasteiger partial charge >= 0.3 is 0 Å². The highest BCUT2D eigenvalue weighted by atomic mass is 32.1. The molecule has 3 heterocycles. The fourth-order valence-electron chi connectivity index (χ4n) is 3.39. The van der Waals surface area contributed by atoms with Gasteiger partial charge in [-0.25, -0.2) is 0 Å². The number of aryl methyl sites for hydroxylation is 1. The van der Waals surface area contributed by atoms with E-state index >= 15 is 0 Å². The molecule has 0 aliphatic carbocycles. The van der Waals surface area contributed by atoms with Gasteiger partial charge in [-0.3, -0.25) is 4.79 Å². The number of rotatable bonds is 8. The van der Waals surface area contributed by atoms with Crippen LogP contribution in [0.2, 0.25) is 0 Å². The third-order valence-electron chi connectivity index (χ3n) is 4.85. The molecule has 0 spiro atoms. The predicted octanol–water partition coefficient (Wildman–Crippen LogP) is 5.31. The first-order chi connectivity index (χ1) is 14.0. The summed E-state index contributed by atoms with van der Waals surface area (Å²) in [4.78, 5) is 16.0. The highest BCUT2D eigenvalue weighted by Crippen LogP contribution is 2.21. The maximum absolute atomic E-state index is 13.3. The predicted molar refractivity (Wildman–Crippen MR) is 115 cm³/mol. The van der Waals surface area contributed by atoms with Crippen LogP contribution in [0.25, 0.3) is 6.08 Å². The first-order valence-electron chi connectivity index (χ1n) is 9.66. The van der Waals surface area contributed by atoms with Crippen molar-refractivity contribution in [2.75, 3.05) is 0 Å². The van der Waals surface area contributed by atoms with Gasteiger partial charge in [0.25, 0.3) is 5.91 Å². The molecule has 5 nitrogen and oxygen atoms in total. The number of hydrogen-bond acceptors (Lipinski definition) is 4. The second-order valence-corrected chi connectivity index (χ2v) is 8.00. The highest BCUT2D eigenvalue weighted by molar-refractivity contribution is 7.09. The number of thiophene rings is 1. The topological polar surface area (TPSA) is 62.2 Å². The van der Waals surface area contributed by atoms with Crippen molar-refractivity contribution in [2.45, 2.75) is 46.8 Å². The number of amides is 1. The molecule has 0 saturated heterocycles. The molecule has 3 aromatic heterocycles. The van der Waals surface area contributed by atoms with E-state index in [1.165, 1.54) is 0 Å². The van der Waals surface area contributed by atoms with Crippen LogP contribution in [0.15, 0.2) is 52.0 Å². The molecule has 6 heteroatoms. The van der Waals surface area contributed by atoms with Gasteiger partial charge in [0.05, 0.1) is 19.4 Å². The SMILES string of the molecule is CCCn1c(C)cc(/C=C(\C#N)C(=O)N(Cc2ccco2)Cc2cccs2)c1C. The lowest BCUT2D eigenvalue weighted by Gasteiger charge is -2.20. The molecule has 0 radical (unpaired) electrons. The van der Waals surface area contributed by atoms with E-state index in [4.69, 9.17) is 4.42 Å². The van der Waals surface area contributed by atoms with E-state index in [0.29, 0.717) is 18.8 Å². The Bertz CT molecular complexity index is 985. The molecule has 0 bridgehead atoms. The highest BCUT2D eigenvalue weighted by Gasteiger charge is 2.21. The summed E-state index contributed by atoms with van der Waals surface area (Å²) in [5, 5.41) is 11.7. The standard InChI is InChI=1S/C23H25N3O2S/c1-4-9-26-17(2)12-19(18(26)3)13-20(14-24)23(27)25(15-21-7-5-10-28-21)16-22-8-6-11-29-22/h5-8,10-13H,4,9,15-16H2,1-3H3/b20-13+. The van der Waals surface area contributed by atoms with Crippen molar-refractivity contribution >= 4 is 23.3 Å². The first-order valence-corrected chi connectivity index (χ1v) is 10.5. The van der Waals surface area contributed by atoms with E-state index in [1.54, 1.807) is 34.6 Å². The average Bonchev–Trinajstić information content (AvgIpc) is 3.45. The van der Waals surface area contributed by atoms with Crippen molar-refractivity contribution in [3.63, 3.8) is 0 Å². The molecule has 3 aromatic rings. The van der Waals surface area contributed by atoms with E-state index < -0.39 is 0 Å². The fourth-order valence-corrected chi connectivity index (χ4v) is 4.11. The summed E-state index contributed by atoms with van der Waals surface area (Å²) in [6.07, 6.45) is 4.33. The molecular formula is C23H25N3O2S. The summed E-state index contributed by atoms with van der Waals surface area (Å²) in [6, 6.07) is 11.7. The number of carbonyl (C=O) groups excluding carboxylic acids is 1. The van der Waals surface area contributed by atoms with Gasteiger partial charge in [0.1, 0.15) is 17.4 Å². The van der Waals surface area contributed by atoms with Crippen molar-refractivity contribution in [1.29, 1.82) is 5.26 Å². The van der Waals surface area contributed by atoms with E-state index in [-0.39, 0.29) is 11.5 Å². The van der Waals surface area contributed by atoms with Gasteiger partial charge in [-0.15, -0.1) is 11.3 Å². The Kier molecular flexibility index (Phi) is 6.73. The molecule has 0 aliphatic heterocycles. The Morgan fingerprint density at radius 1 is 1.31 bits per heavy atom. The molecule has 0 aliphatic rings. The Morgan fingerprint density at radius 2 is 2.14 bits per heavy atom. The summed E-state index contributed by atoms with van der Waals surface area (Å²) in [5.41, 5.74) is 3.24. The Morgan fingerprint density at radius 3 is 2.76 bits per heavy atom. The minimum Gasteiger partial charge on any atom is -0.467 e. The van der Waals surface area contributed by atoms with Gasteiger partial charge in [-0.1, -0.05) is 13.0 Å². The first kappa shape index (κ1) is 20.7. The molecule has 0 unspecified atom stereocenters. The van der Waals surface area contributed by atoms with Crippen LogP contribution in [-0.2, 0) is 24.4 Å². The molecule has 0 aromatic carbocycles. The molecule has 29 heavy (non-hydrogen) atoms. The number of carbonyl (C=O) groups is 1. The number of nitrogens with zero attached hydrogens (tertiary/aromatic N) is 3. The lowest BCUT2D eigenvalue weighted by Crippen LogP contribution is -2.30. The fraction of sp³-hybridized carbons (Fsp3) is 0.304. The van der Waals surface area contributed by atoms with E-state index in [1.807, 2.05) is 43.5 Å². The van der Waals surface area contributed by atoms with Crippen LogP contribution in [0.3, 0.4) is 0 Å². The quantitative estimate of drug-likeness (QED) is 0.376. The summed E-state index contributed by atoms with van der Waals surface area (Å²) in [5.74, 6) is 0.394. The summed E-state index contributed by atoms with van der Waals surface area (Å²) >= 11 is 1.59. The molecular weight excluding hydrogens is 382 g/mol. The lowest BCUT2D eigenvalue weighted by molar-refractivity contribution is -0.128. The summed E-state index contributed by atoms with van der Waals surface area (Å²) in [6.45, 7) is 7.89. The number of hydrogen-bond donors (Lipinski definition) is 0. The van der Waals surface area contributed by atoms with Crippen LogP contribution in [0, 0.1) is 25.2 Å². The van der Waals surface area contributed by atoms with Crippen molar-refractivity contribution in [3.8, 4) is 6.07 Å². The van der Waals surface area contributed by atoms with Crippen LogP contribution in [0.5, 0.6) is 0 Å². The van der Waals surface area contributed by atoms with Crippen LogP contribution < -0.4 is 0 Å². The molecule has 0 N–H and O–H groups in total. The van der Waals surface area contributed by atoms with Crippen molar-refractivity contribution in [2.24, 2.45) is 0 Å². The molecule has 0 atom stereocenters. The summed E-state index contributed by atoms with van der Waals surface area (Å²) in [7, 11) is 0. The van der Waals surface area contributed by atoms with Crippen LogP contribution in [0.4, 0.5) is 0 Å². The third kappa shape index (κ3) is 4.87. The van der Waals surface area contributed by atoms with Gasteiger partial charge in [0, 0.05) is 22.8 Å². The smallest absolute Gasteiger partial charge is 0.265 e. The molecule has 150 valence electrons. The second-order valence-electron chi connectivity index (χ2n) is 6.97. The van der Waals surface area contributed by atoms with Crippen molar-refractivity contribution in [3.05, 3.63) is 75.1 Å². The van der Waals surface area contributed by atoms with Crippen molar-refractivity contribution < 1.29 is 9.21 Å². The van der Waals surface area contributed by atoms with Crippen LogP contribution >= 0.6 is 11.3 Å². The molecule has 3 rings (SSSR count). The Labute approximate surface area is 175 Å². The number of aromatic nitrogens is 1. The maximum atomic E-state index is 13.3. The molecule has 1 amide bonds. The number of nitriles is 1. The minimum atomic E-state index is -0.294. The normalized spacial score (nSPS) is 11.4. The zero-order chi connectivity index (χ0) is 20.8. The maximum Gasteiger partial charge on any atom is 0.265 e. The van der Waals surface area contributed by atoms with Gasteiger partial charge in [-0.2, -0.15) is 5.26 Å².